The van der Waals surface area contributed by atoms with Gasteiger partial charge in [0.1, 0.15) is 5.69 Å². The molecule has 0 spiro atoms. The zero-order valence-electron chi connectivity index (χ0n) is 11.8. The standard InChI is InChI=1S/C15H20N4O/c1-18-9-12(8-16-18)15-13(11-20)10-19(17-15)14-6-4-2-3-5-7-14/h8-11,14H,2-7H2,1H3. The van der Waals surface area contributed by atoms with E-state index in [4.69, 9.17) is 0 Å². The van der Waals surface area contributed by atoms with E-state index in [0.717, 1.165) is 30.4 Å². The third-order valence-corrected chi connectivity index (χ3v) is 4.06. The molecule has 0 saturated heterocycles. The number of rotatable bonds is 3. The number of hydrogen-bond donors (Lipinski definition) is 0. The third-order valence-electron chi connectivity index (χ3n) is 4.06. The minimum absolute atomic E-state index is 0.432. The van der Waals surface area contributed by atoms with Gasteiger partial charge in [-0.15, -0.1) is 0 Å². The van der Waals surface area contributed by atoms with Crippen LogP contribution in [0.3, 0.4) is 0 Å². The van der Waals surface area contributed by atoms with Gasteiger partial charge in [0.25, 0.3) is 0 Å². The molecule has 0 atom stereocenters. The highest BCUT2D eigenvalue weighted by Crippen LogP contribution is 2.29. The summed E-state index contributed by atoms with van der Waals surface area (Å²) < 4.78 is 3.73. The summed E-state index contributed by atoms with van der Waals surface area (Å²) in [4.78, 5) is 11.3. The highest BCUT2D eigenvalue weighted by Gasteiger charge is 2.19. The van der Waals surface area contributed by atoms with E-state index in [2.05, 4.69) is 10.2 Å². The average Bonchev–Trinajstić information content (AvgIpc) is 2.97. The predicted molar refractivity (Wildman–Crippen MR) is 76.6 cm³/mol. The van der Waals surface area contributed by atoms with Gasteiger partial charge in [-0.2, -0.15) is 10.2 Å². The van der Waals surface area contributed by atoms with Crippen LogP contribution in [-0.2, 0) is 7.05 Å². The van der Waals surface area contributed by atoms with Gasteiger partial charge in [-0.05, 0) is 12.8 Å². The smallest absolute Gasteiger partial charge is 0.153 e. The van der Waals surface area contributed by atoms with E-state index in [0.29, 0.717) is 11.6 Å². The molecule has 3 rings (SSSR count). The topological polar surface area (TPSA) is 52.7 Å². The molecule has 0 amide bonds. The van der Waals surface area contributed by atoms with E-state index in [1.165, 1.54) is 25.7 Å². The molecule has 106 valence electrons. The lowest BCUT2D eigenvalue weighted by Gasteiger charge is -2.14. The van der Waals surface area contributed by atoms with Crippen LogP contribution in [-0.4, -0.2) is 25.8 Å². The van der Waals surface area contributed by atoms with E-state index >= 15 is 0 Å². The van der Waals surface area contributed by atoms with Crippen molar-refractivity contribution in [2.75, 3.05) is 0 Å². The van der Waals surface area contributed by atoms with Crippen LogP contribution in [0.4, 0.5) is 0 Å². The van der Waals surface area contributed by atoms with Gasteiger partial charge < -0.3 is 0 Å². The van der Waals surface area contributed by atoms with Crippen LogP contribution in [0.1, 0.15) is 54.9 Å². The number of aldehydes is 1. The highest BCUT2D eigenvalue weighted by atomic mass is 16.1. The summed E-state index contributed by atoms with van der Waals surface area (Å²) in [5, 5.41) is 8.82. The second kappa shape index (κ2) is 5.61. The first-order valence-corrected chi connectivity index (χ1v) is 7.31. The molecule has 1 saturated carbocycles. The van der Waals surface area contributed by atoms with Crippen LogP contribution in [0.25, 0.3) is 11.3 Å². The number of hydrogen-bond acceptors (Lipinski definition) is 3. The fourth-order valence-electron chi connectivity index (χ4n) is 2.97. The van der Waals surface area contributed by atoms with Crippen LogP contribution in [0.15, 0.2) is 18.6 Å². The number of aromatic nitrogens is 4. The molecule has 0 unspecified atom stereocenters. The molecule has 2 aromatic heterocycles. The zero-order valence-corrected chi connectivity index (χ0v) is 11.8. The third kappa shape index (κ3) is 2.53. The molecule has 2 aromatic rings. The van der Waals surface area contributed by atoms with E-state index < -0.39 is 0 Å². The minimum Gasteiger partial charge on any atom is -0.298 e. The molecule has 2 heterocycles. The van der Waals surface area contributed by atoms with E-state index in [9.17, 15) is 4.79 Å². The average molecular weight is 272 g/mol. The molecule has 5 nitrogen and oxygen atoms in total. The van der Waals surface area contributed by atoms with E-state index in [1.54, 1.807) is 10.9 Å². The van der Waals surface area contributed by atoms with Gasteiger partial charge in [-0.1, -0.05) is 25.7 Å². The maximum Gasteiger partial charge on any atom is 0.153 e. The summed E-state index contributed by atoms with van der Waals surface area (Å²) in [5.74, 6) is 0. The Morgan fingerprint density at radius 3 is 2.55 bits per heavy atom. The largest absolute Gasteiger partial charge is 0.298 e. The van der Waals surface area contributed by atoms with Gasteiger partial charge >= 0.3 is 0 Å². The summed E-state index contributed by atoms with van der Waals surface area (Å²) in [7, 11) is 1.87. The molecule has 0 aliphatic heterocycles. The molecule has 0 N–H and O–H groups in total. The summed E-state index contributed by atoms with van der Waals surface area (Å²) in [6, 6.07) is 0.432. The Bertz CT molecular complexity index is 591. The van der Waals surface area contributed by atoms with E-state index in [-0.39, 0.29) is 0 Å². The van der Waals surface area contributed by atoms with Crippen molar-refractivity contribution in [3.05, 3.63) is 24.2 Å². The van der Waals surface area contributed by atoms with Crippen molar-refractivity contribution in [3.63, 3.8) is 0 Å². The maximum atomic E-state index is 11.3. The lowest BCUT2D eigenvalue weighted by Crippen LogP contribution is -2.08. The van der Waals surface area contributed by atoms with Crippen LogP contribution in [0.2, 0.25) is 0 Å². The van der Waals surface area contributed by atoms with Crippen molar-refractivity contribution in [2.45, 2.75) is 44.6 Å². The molecule has 1 aliphatic carbocycles. The van der Waals surface area contributed by atoms with Gasteiger partial charge in [0.05, 0.1) is 17.8 Å². The monoisotopic (exact) mass is 272 g/mol. The lowest BCUT2D eigenvalue weighted by molar-refractivity contribution is 0.112. The molecule has 0 bridgehead atoms. The number of carbonyl (C=O) groups excluding carboxylic acids is 1. The second-order valence-electron chi connectivity index (χ2n) is 5.58. The Balaban J connectivity index is 1.93. The molecule has 20 heavy (non-hydrogen) atoms. The first kappa shape index (κ1) is 13.1. The van der Waals surface area contributed by atoms with Gasteiger partial charge in [-0.3, -0.25) is 14.2 Å². The minimum atomic E-state index is 0.432. The summed E-state index contributed by atoms with van der Waals surface area (Å²) in [6.45, 7) is 0. The van der Waals surface area contributed by atoms with Crippen molar-refractivity contribution in [3.8, 4) is 11.3 Å². The van der Waals surface area contributed by atoms with Crippen LogP contribution < -0.4 is 0 Å². The second-order valence-corrected chi connectivity index (χ2v) is 5.58. The van der Waals surface area contributed by atoms with Crippen LogP contribution in [0.5, 0.6) is 0 Å². The Morgan fingerprint density at radius 1 is 1.20 bits per heavy atom. The normalized spacial score (nSPS) is 17.1. The summed E-state index contributed by atoms with van der Waals surface area (Å²) >= 11 is 0. The van der Waals surface area contributed by atoms with Crippen molar-refractivity contribution in [1.82, 2.24) is 19.6 Å². The number of carbonyl (C=O) groups is 1. The van der Waals surface area contributed by atoms with Gasteiger partial charge in [0.15, 0.2) is 6.29 Å². The molecule has 1 aliphatic rings. The van der Waals surface area contributed by atoms with E-state index in [1.807, 2.05) is 24.1 Å². The SMILES string of the molecule is Cn1cc(-c2nn(C3CCCCCC3)cc2C=O)cn1. The van der Waals surface area contributed by atoms with Gasteiger partial charge in [-0.25, -0.2) is 0 Å². The van der Waals surface area contributed by atoms with Crippen molar-refractivity contribution in [1.29, 1.82) is 0 Å². The Morgan fingerprint density at radius 2 is 1.95 bits per heavy atom. The first-order valence-electron chi connectivity index (χ1n) is 7.31. The van der Waals surface area contributed by atoms with Crippen molar-refractivity contribution in [2.24, 2.45) is 7.05 Å². The van der Waals surface area contributed by atoms with Gasteiger partial charge in [0, 0.05) is 25.0 Å². The highest BCUT2D eigenvalue weighted by molar-refractivity contribution is 5.85. The first-order chi connectivity index (χ1) is 9.78. The molecule has 1 fully saturated rings. The Labute approximate surface area is 118 Å². The van der Waals surface area contributed by atoms with Crippen molar-refractivity contribution < 1.29 is 4.79 Å². The molecule has 0 aromatic carbocycles. The lowest BCUT2D eigenvalue weighted by atomic mass is 10.1. The zero-order chi connectivity index (χ0) is 13.9. The molecule has 0 radical (unpaired) electrons. The fraction of sp³-hybridized carbons (Fsp3) is 0.533. The quantitative estimate of drug-likeness (QED) is 0.637. The van der Waals surface area contributed by atoms with Crippen LogP contribution >= 0.6 is 0 Å². The molecule has 5 heteroatoms. The Hall–Kier alpha value is -1.91. The fourth-order valence-corrected chi connectivity index (χ4v) is 2.97. The van der Waals surface area contributed by atoms with Gasteiger partial charge in [0.2, 0.25) is 0 Å². The maximum absolute atomic E-state index is 11.3. The molecular formula is C15H20N4O. The number of aryl methyl sites for hydroxylation is 1. The molecular weight excluding hydrogens is 252 g/mol. The summed E-state index contributed by atoms with van der Waals surface area (Å²) in [5.41, 5.74) is 2.31. The van der Waals surface area contributed by atoms with Crippen LogP contribution in [0, 0.1) is 0 Å². The van der Waals surface area contributed by atoms with Crippen molar-refractivity contribution >= 4 is 6.29 Å². The number of nitrogens with zero attached hydrogens (tertiary/aromatic N) is 4. The Kier molecular flexibility index (Phi) is 3.67. The summed E-state index contributed by atoms with van der Waals surface area (Å²) in [6.07, 6.45) is 13.9. The predicted octanol–water partition coefficient (Wildman–Crippen LogP) is 2.99.